The summed E-state index contributed by atoms with van der Waals surface area (Å²) in [6.45, 7) is 4.20. The Morgan fingerprint density at radius 1 is 1.62 bits per heavy atom. The van der Waals surface area contributed by atoms with Gasteiger partial charge in [-0.1, -0.05) is 13.3 Å². The molecule has 1 aliphatic heterocycles. The summed E-state index contributed by atoms with van der Waals surface area (Å²) in [5, 5.41) is 20.5. The molecule has 1 atom stereocenters. The van der Waals surface area contributed by atoms with E-state index in [4.69, 9.17) is 0 Å². The van der Waals surface area contributed by atoms with E-state index in [2.05, 4.69) is 4.98 Å². The highest BCUT2D eigenvalue weighted by molar-refractivity contribution is 5.84. The van der Waals surface area contributed by atoms with Crippen molar-refractivity contribution in [1.82, 2.24) is 4.98 Å². The first-order valence-corrected chi connectivity index (χ1v) is 7.04. The van der Waals surface area contributed by atoms with Crippen LogP contribution >= 0.6 is 0 Å². The van der Waals surface area contributed by atoms with Crippen molar-refractivity contribution in [3.63, 3.8) is 0 Å². The van der Waals surface area contributed by atoms with Gasteiger partial charge in [-0.25, -0.2) is 9.78 Å². The SMILES string of the molecule is CCCC1(C(=O)O)CCCN1c1cc(C)c([N+](=O)[O-])cn1. The van der Waals surface area contributed by atoms with E-state index in [1.165, 1.54) is 6.20 Å². The summed E-state index contributed by atoms with van der Waals surface area (Å²) in [4.78, 5) is 28.1. The molecule has 1 N–H and O–H groups in total. The van der Waals surface area contributed by atoms with E-state index in [1.807, 2.05) is 6.92 Å². The van der Waals surface area contributed by atoms with Crippen molar-refractivity contribution in [1.29, 1.82) is 0 Å². The number of carboxylic acids is 1. The van der Waals surface area contributed by atoms with Gasteiger partial charge in [-0.2, -0.15) is 0 Å². The molecule has 21 heavy (non-hydrogen) atoms. The minimum absolute atomic E-state index is 0.0469. The van der Waals surface area contributed by atoms with Crippen molar-refractivity contribution in [2.24, 2.45) is 0 Å². The average molecular weight is 293 g/mol. The molecule has 0 spiro atoms. The van der Waals surface area contributed by atoms with Crippen LogP contribution in [0.5, 0.6) is 0 Å². The maximum absolute atomic E-state index is 11.8. The number of aryl methyl sites for hydroxylation is 1. The predicted molar refractivity (Wildman–Crippen MR) is 77.5 cm³/mol. The van der Waals surface area contributed by atoms with Gasteiger partial charge >= 0.3 is 5.97 Å². The van der Waals surface area contributed by atoms with Crippen LogP contribution in [0.25, 0.3) is 0 Å². The largest absolute Gasteiger partial charge is 0.479 e. The maximum atomic E-state index is 11.8. The van der Waals surface area contributed by atoms with E-state index in [1.54, 1.807) is 17.9 Å². The van der Waals surface area contributed by atoms with E-state index in [9.17, 15) is 20.0 Å². The number of nitro groups is 1. The Morgan fingerprint density at radius 3 is 2.86 bits per heavy atom. The Bertz CT molecular complexity index is 575. The number of nitrogens with zero attached hydrogens (tertiary/aromatic N) is 3. The van der Waals surface area contributed by atoms with Crippen LogP contribution in [0.3, 0.4) is 0 Å². The second kappa shape index (κ2) is 5.67. The number of hydrogen-bond donors (Lipinski definition) is 1. The topological polar surface area (TPSA) is 96.6 Å². The summed E-state index contributed by atoms with van der Waals surface area (Å²) in [6.07, 6.45) is 3.87. The summed E-state index contributed by atoms with van der Waals surface area (Å²) >= 11 is 0. The smallest absolute Gasteiger partial charge is 0.329 e. The number of anilines is 1. The summed E-state index contributed by atoms with van der Waals surface area (Å²) in [6, 6.07) is 1.61. The molecular formula is C14H19N3O4. The number of carbonyl (C=O) groups is 1. The first-order valence-electron chi connectivity index (χ1n) is 7.04. The van der Waals surface area contributed by atoms with Crippen LogP contribution in [0.4, 0.5) is 11.5 Å². The lowest BCUT2D eigenvalue weighted by molar-refractivity contribution is -0.385. The van der Waals surface area contributed by atoms with Gasteiger partial charge in [0, 0.05) is 12.1 Å². The first kappa shape index (κ1) is 15.2. The van der Waals surface area contributed by atoms with Crippen molar-refractivity contribution in [3.05, 3.63) is 27.9 Å². The van der Waals surface area contributed by atoms with Crippen LogP contribution in [0.15, 0.2) is 12.3 Å². The third-order valence-corrected chi connectivity index (χ3v) is 4.09. The molecule has 7 heteroatoms. The lowest BCUT2D eigenvalue weighted by Crippen LogP contribution is -2.51. The lowest BCUT2D eigenvalue weighted by Gasteiger charge is -2.35. The van der Waals surface area contributed by atoms with Crippen molar-refractivity contribution in [2.75, 3.05) is 11.4 Å². The molecule has 1 fully saturated rings. The molecule has 1 saturated heterocycles. The summed E-state index contributed by atoms with van der Waals surface area (Å²) in [5.41, 5.74) is -0.494. The molecular weight excluding hydrogens is 274 g/mol. The zero-order valence-electron chi connectivity index (χ0n) is 12.2. The second-order valence-corrected chi connectivity index (χ2v) is 5.43. The standard InChI is InChI=1S/C14H19N3O4/c1-3-5-14(13(18)19)6-4-7-16(14)12-8-10(2)11(9-15-12)17(20)21/h8-9H,3-7H2,1-2H3,(H,18,19). The highest BCUT2D eigenvalue weighted by Gasteiger charge is 2.47. The summed E-state index contributed by atoms with van der Waals surface area (Å²) in [5.74, 6) is -0.342. The van der Waals surface area contributed by atoms with Gasteiger partial charge in [-0.05, 0) is 32.3 Å². The van der Waals surface area contributed by atoms with E-state index in [0.717, 1.165) is 12.8 Å². The van der Waals surface area contributed by atoms with Gasteiger partial charge < -0.3 is 10.0 Å². The van der Waals surface area contributed by atoms with Gasteiger partial charge in [0.25, 0.3) is 5.69 Å². The van der Waals surface area contributed by atoms with Crippen LogP contribution in [0.1, 0.15) is 38.2 Å². The molecule has 1 aromatic rings. The second-order valence-electron chi connectivity index (χ2n) is 5.43. The Balaban J connectivity index is 2.42. The van der Waals surface area contributed by atoms with Crippen molar-refractivity contribution in [3.8, 4) is 0 Å². The molecule has 0 saturated carbocycles. The Kier molecular flexibility index (Phi) is 4.11. The van der Waals surface area contributed by atoms with Crippen LogP contribution in [0, 0.1) is 17.0 Å². The lowest BCUT2D eigenvalue weighted by atomic mass is 9.90. The number of carboxylic acid groups (broad SMARTS) is 1. The van der Waals surface area contributed by atoms with Crippen LogP contribution < -0.4 is 4.90 Å². The van der Waals surface area contributed by atoms with E-state index in [0.29, 0.717) is 30.8 Å². The van der Waals surface area contributed by atoms with Crippen molar-refractivity contribution in [2.45, 2.75) is 45.1 Å². The molecule has 7 nitrogen and oxygen atoms in total. The third-order valence-electron chi connectivity index (χ3n) is 4.09. The minimum Gasteiger partial charge on any atom is -0.479 e. The summed E-state index contributed by atoms with van der Waals surface area (Å²) in [7, 11) is 0. The fourth-order valence-electron chi connectivity index (χ4n) is 3.09. The van der Waals surface area contributed by atoms with Gasteiger partial charge in [0.1, 0.15) is 17.6 Å². The van der Waals surface area contributed by atoms with Gasteiger partial charge in [0.2, 0.25) is 0 Å². The molecule has 0 amide bonds. The molecule has 0 radical (unpaired) electrons. The monoisotopic (exact) mass is 293 g/mol. The molecule has 1 unspecified atom stereocenters. The number of aromatic nitrogens is 1. The third kappa shape index (κ3) is 2.55. The molecule has 1 aromatic heterocycles. The van der Waals surface area contributed by atoms with Gasteiger partial charge in [0.05, 0.1) is 4.92 Å². The number of rotatable bonds is 5. The maximum Gasteiger partial charge on any atom is 0.329 e. The average Bonchev–Trinajstić information content (AvgIpc) is 2.83. The Morgan fingerprint density at radius 2 is 2.33 bits per heavy atom. The Labute approximate surface area is 122 Å². The minimum atomic E-state index is -0.940. The normalized spacial score (nSPS) is 21.5. The number of aliphatic carboxylic acids is 1. The van der Waals surface area contributed by atoms with E-state index < -0.39 is 16.4 Å². The fraction of sp³-hybridized carbons (Fsp3) is 0.571. The zero-order valence-corrected chi connectivity index (χ0v) is 12.2. The van der Waals surface area contributed by atoms with Gasteiger partial charge in [-0.15, -0.1) is 0 Å². The highest BCUT2D eigenvalue weighted by Crippen LogP contribution is 2.38. The van der Waals surface area contributed by atoms with Gasteiger partial charge in [-0.3, -0.25) is 10.1 Å². The van der Waals surface area contributed by atoms with E-state index in [-0.39, 0.29) is 5.69 Å². The van der Waals surface area contributed by atoms with Crippen LogP contribution in [0.2, 0.25) is 0 Å². The predicted octanol–water partition coefficient (Wildman–Crippen LogP) is 2.52. The number of pyridine rings is 1. The van der Waals surface area contributed by atoms with Crippen molar-refractivity contribution < 1.29 is 14.8 Å². The summed E-state index contributed by atoms with van der Waals surface area (Å²) < 4.78 is 0. The fourth-order valence-corrected chi connectivity index (χ4v) is 3.09. The van der Waals surface area contributed by atoms with E-state index >= 15 is 0 Å². The molecule has 0 bridgehead atoms. The highest BCUT2D eigenvalue weighted by atomic mass is 16.6. The first-order chi connectivity index (χ1) is 9.92. The molecule has 2 rings (SSSR count). The number of hydrogen-bond acceptors (Lipinski definition) is 5. The molecule has 1 aliphatic rings. The zero-order chi connectivity index (χ0) is 15.6. The quantitative estimate of drug-likeness (QED) is 0.662. The Hall–Kier alpha value is -2.18. The molecule has 0 aliphatic carbocycles. The van der Waals surface area contributed by atoms with Crippen LogP contribution in [-0.2, 0) is 4.79 Å². The van der Waals surface area contributed by atoms with Crippen molar-refractivity contribution >= 4 is 17.5 Å². The molecule has 2 heterocycles. The van der Waals surface area contributed by atoms with Gasteiger partial charge in [0.15, 0.2) is 0 Å². The molecule has 0 aromatic carbocycles. The molecule has 114 valence electrons. The van der Waals surface area contributed by atoms with Crippen LogP contribution in [-0.4, -0.2) is 33.1 Å².